The molecule has 0 radical (unpaired) electrons. The summed E-state index contributed by atoms with van der Waals surface area (Å²) in [6, 6.07) is 0. The fourth-order valence-electron chi connectivity index (χ4n) is 2.20. The smallest absolute Gasteiger partial charge is 0.333 e. The molecule has 0 fully saturated rings. The number of nitro groups is 1. The molecule has 8 heteroatoms. The number of hydrogen-bond donors (Lipinski definition) is 1. The Morgan fingerprint density at radius 2 is 2.05 bits per heavy atom. The van der Waals surface area contributed by atoms with Crippen LogP contribution in [-0.4, -0.2) is 24.5 Å². The molecular weight excluding hydrogens is 260 g/mol. The molecule has 0 saturated heterocycles. The third kappa shape index (κ3) is 2.49. The van der Waals surface area contributed by atoms with Crippen molar-refractivity contribution in [3.63, 3.8) is 0 Å². The van der Waals surface area contributed by atoms with Crippen LogP contribution in [0.25, 0.3) is 0 Å². The van der Waals surface area contributed by atoms with E-state index in [1.54, 1.807) is 16.3 Å². The molecule has 1 N–H and O–H groups in total. The molecule has 8 nitrogen and oxygen atoms in total. The number of anilines is 1. The standard InChI is InChI=1S/C12H18N6O2/c1-5-17-12(11(18(19)20)9(3)15-17)13-6-10-7-16(4)14-8(10)2/h7,13H,5-6H2,1-4H3. The largest absolute Gasteiger partial charge is 0.360 e. The first-order valence-electron chi connectivity index (χ1n) is 6.38. The molecule has 0 amide bonds. The highest BCUT2D eigenvalue weighted by Gasteiger charge is 2.24. The minimum Gasteiger partial charge on any atom is -0.360 e. The summed E-state index contributed by atoms with van der Waals surface area (Å²) in [7, 11) is 1.85. The van der Waals surface area contributed by atoms with Gasteiger partial charge in [0.2, 0.25) is 5.82 Å². The molecular formula is C12H18N6O2. The van der Waals surface area contributed by atoms with Crippen LogP contribution in [0.1, 0.15) is 23.9 Å². The van der Waals surface area contributed by atoms with E-state index >= 15 is 0 Å². The van der Waals surface area contributed by atoms with Crippen LogP contribution in [0.15, 0.2) is 6.20 Å². The highest BCUT2D eigenvalue weighted by molar-refractivity contribution is 5.59. The molecule has 0 aliphatic heterocycles. The number of rotatable bonds is 5. The van der Waals surface area contributed by atoms with Crippen molar-refractivity contribution in [2.24, 2.45) is 7.05 Å². The molecule has 108 valence electrons. The van der Waals surface area contributed by atoms with Crippen LogP contribution in [0, 0.1) is 24.0 Å². The van der Waals surface area contributed by atoms with Gasteiger partial charge in [-0.1, -0.05) is 0 Å². The van der Waals surface area contributed by atoms with Crippen LogP contribution in [0.4, 0.5) is 11.5 Å². The number of hydrogen-bond acceptors (Lipinski definition) is 5. The normalized spacial score (nSPS) is 10.8. The van der Waals surface area contributed by atoms with Crippen LogP contribution in [0.2, 0.25) is 0 Å². The second kappa shape index (κ2) is 5.32. The summed E-state index contributed by atoms with van der Waals surface area (Å²) in [5.41, 5.74) is 2.36. The van der Waals surface area contributed by atoms with Crippen molar-refractivity contribution in [2.45, 2.75) is 33.9 Å². The van der Waals surface area contributed by atoms with E-state index in [9.17, 15) is 10.1 Å². The molecule has 2 heterocycles. The van der Waals surface area contributed by atoms with Crippen molar-refractivity contribution in [3.8, 4) is 0 Å². The van der Waals surface area contributed by atoms with Gasteiger partial charge < -0.3 is 5.32 Å². The van der Waals surface area contributed by atoms with Gasteiger partial charge >= 0.3 is 5.69 Å². The molecule has 0 aliphatic rings. The summed E-state index contributed by atoms with van der Waals surface area (Å²) >= 11 is 0. The van der Waals surface area contributed by atoms with Gasteiger partial charge in [-0.3, -0.25) is 14.8 Å². The van der Waals surface area contributed by atoms with E-state index in [4.69, 9.17) is 0 Å². The second-order valence-corrected chi connectivity index (χ2v) is 4.62. The highest BCUT2D eigenvalue weighted by atomic mass is 16.6. The monoisotopic (exact) mass is 278 g/mol. The van der Waals surface area contributed by atoms with E-state index in [1.165, 1.54) is 0 Å². The van der Waals surface area contributed by atoms with Gasteiger partial charge in [0.15, 0.2) is 0 Å². The summed E-state index contributed by atoms with van der Waals surface area (Å²) in [5.74, 6) is 0.443. The van der Waals surface area contributed by atoms with Crippen molar-refractivity contribution in [2.75, 3.05) is 5.32 Å². The zero-order valence-corrected chi connectivity index (χ0v) is 12.0. The second-order valence-electron chi connectivity index (χ2n) is 4.62. The number of nitrogens with one attached hydrogen (secondary N) is 1. The molecule has 0 spiro atoms. The van der Waals surface area contributed by atoms with Gasteiger partial charge in [0.1, 0.15) is 5.69 Å². The predicted molar refractivity (Wildman–Crippen MR) is 74.6 cm³/mol. The first-order chi connectivity index (χ1) is 9.43. The lowest BCUT2D eigenvalue weighted by Gasteiger charge is -2.06. The maximum absolute atomic E-state index is 11.1. The molecule has 20 heavy (non-hydrogen) atoms. The molecule has 2 aromatic heterocycles. The third-order valence-electron chi connectivity index (χ3n) is 3.14. The van der Waals surface area contributed by atoms with E-state index in [2.05, 4.69) is 15.5 Å². The van der Waals surface area contributed by atoms with Gasteiger partial charge in [-0.05, 0) is 20.8 Å². The van der Waals surface area contributed by atoms with Gasteiger partial charge in [-0.15, -0.1) is 0 Å². The van der Waals surface area contributed by atoms with Gasteiger partial charge in [-0.2, -0.15) is 10.2 Å². The van der Waals surface area contributed by atoms with Crippen molar-refractivity contribution < 1.29 is 4.92 Å². The van der Waals surface area contributed by atoms with Crippen molar-refractivity contribution >= 4 is 11.5 Å². The van der Waals surface area contributed by atoms with Crippen LogP contribution in [0.5, 0.6) is 0 Å². The Labute approximate surface area is 116 Å². The molecule has 2 rings (SSSR count). The lowest BCUT2D eigenvalue weighted by Crippen LogP contribution is -2.08. The van der Waals surface area contributed by atoms with E-state index in [-0.39, 0.29) is 5.69 Å². The number of aryl methyl sites for hydroxylation is 4. The minimum absolute atomic E-state index is 0.0355. The Morgan fingerprint density at radius 1 is 1.35 bits per heavy atom. The fourth-order valence-corrected chi connectivity index (χ4v) is 2.20. The number of aromatic nitrogens is 4. The highest BCUT2D eigenvalue weighted by Crippen LogP contribution is 2.28. The summed E-state index contributed by atoms with van der Waals surface area (Å²) in [5, 5.41) is 22.7. The van der Waals surface area contributed by atoms with E-state index in [0.717, 1.165) is 11.3 Å². The molecule has 0 atom stereocenters. The zero-order chi connectivity index (χ0) is 14.9. The lowest BCUT2D eigenvalue weighted by atomic mass is 10.2. The van der Waals surface area contributed by atoms with Crippen LogP contribution in [-0.2, 0) is 20.1 Å². The van der Waals surface area contributed by atoms with Gasteiger partial charge in [0.25, 0.3) is 0 Å². The minimum atomic E-state index is -0.396. The molecule has 0 aromatic carbocycles. The van der Waals surface area contributed by atoms with E-state index in [0.29, 0.717) is 24.6 Å². The van der Waals surface area contributed by atoms with Crippen molar-refractivity contribution in [1.29, 1.82) is 0 Å². The van der Waals surface area contributed by atoms with Gasteiger partial charge in [0.05, 0.1) is 10.6 Å². The maximum atomic E-state index is 11.1. The molecule has 0 unspecified atom stereocenters. The summed E-state index contributed by atoms with van der Waals surface area (Å²) in [4.78, 5) is 10.8. The van der Waals surface area contributed by atoms with Crippen molar-refractivity contribution in [3.05, 3.63) is 33.3 Å². The molecule has 0 bridgehead atoms. The summed E-state index contributed by atoms with van der Waals surface area (Å²) in [6.07, 6.45) is 1.90. The Kier molecular flexibility index (Phi) is 3.73. The van der Waals surface area contributed by atoms with Crippen molar-refractivity contribution in [1.82, 2.24) is 19.6 Å². The van der Waals surface area contributed by atoms with E-state index < -0.39 is 4.92 Å². The van der Waals surface area contributed by atoms with Gasteiger partial charge in [0, 0.05) is 31.9 Å². The summed E-state index contributed by atoms with van der Waals surface area (Å²) < 4.78 is 3.34. The predicted octanol–water partition coefficient (Wildman–Crippen LogP) is 1.77. The van der Waals surface area contributed by atoms with Crippen LogP contribution < -0.4 is 5.32 Å². The Morgan fingerprint density at radius 3 is 2.55 bits per heavy atom. The first-order valence-corrected chi connectivity index (χ1v) is 6.38. The molecule has 0 saturated carbocycles. The first kappa shape index (κ1) is 14.0. The topological polar surface area (TPSA) is 90.8 Å². The third-order valence-corrected chi connectivity index (χ3v) is 3.14. The zero-order valence-electron chi connectivity index (χ0n) is 12.0. The SMILES string of the molecule is CCn1nc(C)c([N+](=O)[O-])c1NCc1cn(C)nc1C. The summed E-state index contributed by atoms with van der Waals surface area (Å²) in [6.45, 7) is 6.50. The van der Waals surface area contributed by atoms with E-state index in [1.807, 2.05) is 27.1 Å². The average Bonchev–Trinajstić information content (AvgIpc) is 2.86. The Hall–Kier alpha value is -2.38. The average molecular weight is 278 g/mol. The Balaban J connectivity index is 2.28. The maximum Gasteiger partial charge on any atom is 0.333 e. The van der Waals surface area contributed by atoms with Gasteiger partial charge in [-0.25, -0.2) is 4.68 Å². The molecule has 0 aliphatic carbocycles. The number of nitrogens with zero attached hydrogens (tertiary/aromatic N) is 5. The lowest BCUT2D eigenvalue weighted by molar-refractivity contribution is -0.384. The molecule has 2 aromatic rings. The Bertz CT molecular complexity index is 643. The van der Waals surface area contributed by atoms with Crippen LogP contribution in [0.3, 0.4) is 0 Å². The van der Waals surface area contributed by atoms with Crippen LogP contribution >= 0.6 is 0 Å². The quantitative estimate of drug-likeness (QED) is 0.665. The fraction of sp³-hybridized carbons (Fsp3) is 0.500.